The zero-order valence-electron chi connectivity index (χ0n) is 13.3. The Balaban J connectivity index is 2.14. The zero-order valence-corrected chi connectivity index (χ0v) is 14.1. The van der Waals surface area contributed by atoms with Crippen LogP contribution in [0.5, 0.6) is 0 Å². The van der Waals surface area contributed by atoms with Crippen LogP contribution < -0.4 is 5.73 Å². The maximum absolute atomic E-state index is 6.29. The molecule has 0 aromatic carbocycles. The van der Waals surface area contributed by atoms with Crippen molar-refractivity contribution in [2.24, 2.45) is 16.6 Å². The Hall–Kier alpha value is 0.270. The molecule has 2 nitrogen and oxygen atoms in total. The largest absolute Gasteiger partial charge is 0.329 e. The lowest BCUT2D eigenvalue weighted by atomic mass is 9.67. The van der Waals surface area contributed by atoms with Crippen molar-refractivity contribution in [3.8, 4) is 0 Å². The predicted molar refractivity (Wildman–Crippen MR) is 86.7 cm³/mol. The SMILES string of the molecule is CCC1(C)CCN(C2(CN)CSCCC2(C)C)CC1. The molecule has 2 N–H and O–H groups in total. The first-order valence-corrected chi connectivity index (χ1v) is 9.07. The van der Waals surface area contributed by atoms with E-state index in [0.717, 1.165) is 6.54 Å². The summed E-state index contributed by atoms with van der Waals surface area (Å²) in [5, 5.41) is 0. The molecule has 1 atom stereocenters. The van der Waals surface area contributed by atoms with Crippen molar-refractivity contribution < 1.29 is 0 Å². The summed E-state index contributed by atoms with van der Waals surface area (Å²) in [7, 11) is 0. The van der Waals surface area contributed by atoms with E-state index in [2.05, 4.69) is 44.4 Å². The third kappa shape index (κ3) is 2.71. The molecular formula is C16H32N2S. The molecule has 1 unspecified atom stereocenters. The van der Waals surface area contributed by atoms with Crippen LogP contribution in [0, 0.1) is 10.8 Å². The van der Waals surface area contributed by atoms with Crippen molar-refractivity contribution in [2.75, 3.05) is 31.1 Å². The molecule has 2 aliphatic rings. The third-order valence-electron chi connectivity index (χ3n) is 6.24. The minimum atomic E-state index is 0.227. The molecular weight excluding hydrogens is 252 g/mol. The molecule has 3 heteroatoms. The summed E-state index contributed by atoms with van der Waals surface area (Å²) in [5.74, 6) is 2.52. The minimum Gasteiger partial charge on any atom is -0.329 e. The van der Waals surface area contributed by atoms with E-state index in [1.807, 2.05) is 0 Å². The second kappa shape index (κ2) is 5.57. The molecule has 2 fully saturated rings. The van der Waals surface area contributed by atoms with Gasteiger partial charge in [-0.2, -0.15) is 11.8 Å². The number of hydrogen-bond acceptors (Lipinski definition) is 3. The van der Waals surface area contributed by atoms with Crippen molar-refractivity contribution in [3.05, 3.63) is 0 Å². The van der Waals surface area contributed by atoms with Crippen LogP contribution in [-0.2, 0) is 0 Å². The molecule has 0 amide bonds. The fraction of sp³-hybridized carbons (Fsp3) is 1.00. The van der Waals surface area contributed by atoms with Crippen molar-refractivity contribution in [3.63, 3.8) is 0 Å². The van der Waals surface area contributed by atoms with Crippen LogP contribution in [0.3, 0.4) is 0 Å². The number of rotatable bonds is 3. The van der Waals surface area contributed by atoms with Crippen LogP contribution in [0.15, 0.2) is 0 Å². The van der Waals surface area contributed by atoms with Crippen molar-refractivity contribution in [2.45, 2.75) is 58.9 Å². The zero-order chi connectivity index (χ0) is 14.1. The standard InChI is InChI=1S/C16H32N2S/c1-5-15(4)6-9-18(10-7-15)16(12-17)13-19-11-8-14(16,2)3/h5-13,17H2,1-4H3. The molecule has 0 saturated carbocycles. The van der Waals surface area contributed by atoms with Crippen LogP contribution >= 0.6 is 11.8 Å². The van der Waals surface area contributed by atoms with E-state index in [0.29, 0.717) is 10.8 Å². The van der Waals surface area contributed by atoms with E-state index in [9.17, 15) is 0 Å². The number of likely N-dealkylation sites (tertiary alicyclic amines) is 1. The maximum atomic E-state index is 6.29. The smallest absolute Gasteiger partial charge is 0.0472 e. The van der Waals surface area contributed by atoms with E-state index in [1.54, 1.807) is 0 Å². The minimum absolute atomic E-state index is 0.227. The molecule has 2 rings (SSSR count). The Labute approximate surface area is 123 Å². The average Bonchev–Trinajstić information content (AvgIpc) is 2.40. The van der Waals surface area contributed by atoms with Crippen LogP contribution in [0.1, 0.15) is 53.4 Å². The lowest BCUT2D eigenvalue weighted by molar-refractivity contribution is -0.0348. The van der Waals surface area contributed by atoms with Gasteiger partial charge >= 0.3 is 0 Å². The van der Waals surface area contributed by atoms with Gasteiger partial charge in [0.2, 0.25) is 0 Å². The normalized spacial score (nSPS) is 35.2. The van der Waals surface area contributed by atoms with Gasteiger partial charge in [-0.3, -0.25) is 4.90 Å². The van der Waals surface area contributed by atoms with E-state index >= 15 is 0 Å². The Kier molecular flexibility index (Phi) is 4.59. The van der Waals surface area contributed by atoms with Gasteiger partial charge < -0.3 is 5.73 Å². The summed E-state index contributed by atoms with van der Waals surface area (Å²) in [6.07, 6.45) is 5.29. The molecule has 0 aromatic heterocycles. The van der Waals surface area contributed by atoms with Gasteiger partial charge in [-0.05, 0) is 48.9 Å². The van der Waals surface area contributed by atoms with Crippen molar-refractivity contribution >= 4 is 11.8 Å². The van der Waals surface area contributed by atoms with E-state index in [1.165, 1.54) is 50.3 Å². The van der Waals surface area contributed by atoms with Crippen LogP contribution in [0.2, 0.25) is 0 Å². The number of thioether (sulfide) groups is 1. The Bertz CT molecular complexity index is 308. The third-order valence-corrected chi connectivity index (χ3v) is 7.41. The van der Waals surface area contributed by atoms with Gasteiger partial charge in [0.1, 0.15) is 0 Å². The quantitative estimate of drug-likeness (QED) is 0.861. The first kappa shape index (κ1) is 15.7. The fourth-order valence-electron chi connectivity index (χ4n) is 3.81. The average molecular weight is 285 g/mol. The maximum Gasteiger partial charge on any atom is 0.0472 e. The first-order chi connectivity index (χ1) is 8.89. The highest BCUT2D eigenvalue weighted by molar-refractivity contribution is 7.99. The number of nitrogens with zero attached hydrogens (tertiary/aromatic N) is 1. The monoisotopic (exact) mass is 284 g/mol. The Morgan fingerprint density at radius 3 is 2.21 bits per heavy atom. The van der Waals surface area contributed by atoms with Crippen LogP contribution in [0.4, 0.5) is 0 Å². The number of piperidine rings is 1. The summed E-state index contributed by atoms with van der Waals surface area (Å²) in [4.78, 5) is 2.75. The number of hydrogen-bond donors (Lipinski definition) is 1. The number of nitrogens with two attached hydrogens (primary N) is 1. The van der Waals surface area contributed by atoms with Gasteiger partial charge in [0.25, 0.3) is 0 Å². The second-order valence-electron chi connectivity index (χ2n) is 7.57. The van der Waals surface area contributed by atoms with E-state index in [4.69, 9.17) is 5.73 Å². The summed E-state index contributed by atoms with van der Waals surface area (Å²) in [6.45, 7) is 13.0. The molecule has 2 heterocycles. The van der Waals surface area contributed by atoms with Gasteiger partial charge in [0.15, 0.2) is 0 Å². The molecule has 19 heavy (non-hydrogen) atoms. The van der Waals surface area contributed by atoms with Crippen molar-refractivity contribution in [1.82, 2.24) is 4.90 Å². The van der Waals surface area contributed by atoms with Gasteiger partial charge in [0, 0.05) is 17.8 Å². The van der Waals surface area contributed by atoms with E-state index < -0.39 is 0 Å². The van der Waals surface area contributed by atoms with Gasteiger partial charge in [-0.25, -0.2) is 0 Å². The molecule has 0 aliphatic carbocycles. The molecule has 2 saturated heterocycles. The van der Waals surface area contributed by atoms with Crippen LogP contribution in [-0.4, -0.2) is 41.6 Å². The van der Waals surface area contributed by atoms with Gasteiger partial charge in [0.05, 0.1) is 0 Å². The predicted octanol–water partition coefficient (Wildman–Crippen LogP) is 3.36. The lowest BCUT2D eigenvalue weighted by Crippen LogP contribution is -2.67. The van der Waals surface area contributed by atoms with Crippen LogP contribution in [0.25, 0.3) is 0 Å². The van der Waals surface area contributed by atoms with E-state index in [-0.39, 0.29) is 5.54 Å². The molecule has 112 valence electrons. The highest BCUT2D eigenvalue weighted by atomic mass is 32.2. The first-order valence-electron chi connectivity index (χ1n) is 7.92. The molecule has 2 aliphatic heterocycles. The summed E-state index contributed by atoms with van der Waals surface area (Å²) in [6, 6.07) is 0. The lowest BCUT2D eigenvalue weighted by Gasteiger charge is -2.58. The van der Waals surface area contributed by atoms with Gasteiger partial charge in [-0.1, -0.05) is 34.1 Å². The van der Waals surface area contributed by atoms with Gasteiger partial charge in [-0.15, -0.1) is 0 Å². The molecule has 0 spiro atoms. The second-order valence-corrected chi connectivity index (χ2v) is 8.68. The summed E-state index contributed by atoms with van der Waals surface area (Å²) in [5.41, 5.74) is 7.44. The fourth-order valence-corrected chi connectivity index (χ4v) is 5.64. The Morgan fingerprint density at radius 2 is 1.74 bits per heavy atom. The topological polar surface area (TPSA) is 29.3 Å². The summed E-state index contributed by atoms with van der Waals surface area (Å²) < 4.78 is 0. The molecule has 0 aromatic rings. The summed E-state index contributed by atoms with van der Waals surface area (Å²) >= 11 is 2.11. The van der Waals surface area contributed by atoms with Crippen molar-refractivity contribution in [1.29, 1.82) is 0 Å². The highest BCUT2D eigenvalue weighted by Crippen LogP contribution is 2.48. The molecule has 0 bridgehead atoms. The highest BCUT2D eigenvalue weighted by Gasteiger charge is 2.51. The Morgan fingerprint density at radius 1 is 1.11 bits per heavy atom. The molecule has 0 radical (unpaired) electrons.